The second-order valence-electron chi connectivity index (χ2n) is 5.53. The standard InChI is InChI=1S/C19H22FN3O2/c1-2-3-4-5-11-25-15-8-6-7-14(12-15)13-22-19(24)16-9-10-17(20)23-18(16)21/h2,6-10,12H,1,3-5,11,13H2,(H2,21,23)(H,22,24). The van der Waals surface area contributed by atoms with Crippen LogP contribution < -0.4 is 15.8 Å². The van der Waals surface area contributed by atoms with E-state index in [2.05, 4.69) is 16.9 Å². The van der Waals surface area contributed by atoms with E-state index < -0.39 is 11.9 Å². The van der Waals surface area contributed by atoms with E-state index in [0.29, 0.717) is 13.2 Å². The topological polar surface area (TPSA) is 77.2 Å². The van der Waals surface area contributed by atoms with Crippen LogP contribution in [0.1, 0.15) is 35.2 Å². The first-order valence-electron chi connectivity index (χ1n) is 8.13. The monoisotopic (exact) mass is 343 g/mol. The van der Waals surface area contributed by atoms with Crippen LogP contribution in [0.15, 0.2) is 49.1 Å². The van der Waals surface area contributed by atoms with Gasteiger partial charge in [0.2, 0.25) is 5.95 Å². The zero-order valence-corrected chi connectivity index (χ0v) is 14.0. The number of pyridine rings is 1. The summed E-state index contributed by atoms with van der Waals surface area (Å²) in [4.78, 5) is 15.6. The lowest BCUT2D eigenvalue weighted by atomic mass is 10.2. The molecule has 0 bridgehead atoms. The third kappa shape index (κ3) is 5.91. The first-order chi connectivity index (χ1) is 12.1. The number of ether oxygens (including phenoxy) is 1. The number of rotatable bonds is 9. The quantitative estimate of drug-likeness (QED) is 0.415. The number of benzene rings is 1. The molecule has 1 aromatic heterocycles. The number of hydrogen-bond donors (Lipinski definition) is 2. The van der Waals surface area contributed by atoms with Crippen molar-refractivity contribution in [2.24, 2.45) is 0 Å². The van der Waals surface area contributed by atoms with Crippen LogP contribution >= 0.6 is 0 Å². The molecule has 132 valence electrons. The van der Waals surface area contributed by atoms with Crippen molar-refractivity contribution < 1.29 is 13.9 Å². The summed E-state index contributed by atoms with van der Waals surface area (Å²) < 4.78 is 18.6. The van der Waals surface area contributed by atoms with E-state index in [1.807, 2.05) is 30.3 Å². The van der Waals surface area contributed by atoms with E-state index in [4.69, 9.17) is 10.5 Å². The summed E-state index contributed by atoms with van der Waals surface area (Å²) in [6.07, 6.45) is 4.89. The van der Waals surface area contributed by atoms with Gasteiger partial charge in [0.05, 0.1) is 12.2 Å². The van der Waals surface area contributed by atoms with Gasteiger partial charge in [0.1, 0.15) is 11.6 Å². The predicted molar refractivity (Wildman–Crippen MR) is 95.8 cm³/mol. The van der Waals surface area contributed by atoms with Gasteiger partial charge >= 0.3 is 0 Å². The number of nitrogen functional groups attached to an aromatic ring is 1. The molecule has 2 rings (SSSR count). The van der Waals surface area contributed by atoms with E-state index in [9.17, 15) is 9.18 Å². The maximum absolute atomic E-state index is 12.9. The third-order valence-corrected chi connectivity index (χ3v) is 3.56. The Bertz CT molecular complexity index is 734. The van der Waals surface area contributed by atoms with Gasteiger partial charge in [-0.1, -0.05) is 18.2 Å². The smallest absolute Gasteiger partial charge is 0.255 e. The van der Waals surface area contributed by atoms with Crippen molar-refractivity contribution in [3.63, 3.8) is 0 Å². The number of nitrogens with two attached hydrogens (primary N) is 1. The molecule has 1 heterocycles. The molecule has 0 aliphatic heterocycles. The second kappa shape index (κ2) is 9.42. The third-order valence-electron chi connectivity index (χ3n) is 3.56. The van der Waals surface area contributed by atoms with Crippen LogP contribution in [0.5, 0.6) is 5.75 Å². The molecular weight excluding hydrogens is 321 g/mol. The van der Waals surface area contributed by atoms with Crippen LogP contribution in [0.25, 0.3) is 0 Å². The van der Waals surface area contributed by atoms with Gasteiger partial charge in [-0.3, -0.25) is 4.79 Å². The predicted octanol–water partition coefficient (Wildman–Crippen LogP) is 3.47. The molecule has 0 unspecified atom stereocenters. The Labute approximate surface area is 146 Å². The number of carbonyl (C=O) groups is 1. The van der Waals surface area contributed by atoms with Crippen LogP contribution in [0.3, 0.4) is 0 Å². The molecule has 6 heteroatoms. The first-order valence-corrected chi connectivity index (χ1v) is 8.13. The summed E-state index contributed by atoms with van der Waals surface area (Å²) >= 11 is 0. The Balaban J connectivity index is 1.87. The van der Waals surface area contributed by atoms with Crippen molar-refractivity contribution >= 4 is 11.7 Å². The van der Waals surface area contributed by atoms with Crippen LogP contribution in [0.4, 0.5) is 10.2 Å². The molecule has 25 heavy (non-hydrogen) atoms. The lowest BCUT2D eigenvalue weighted by Gasteiger charge is -2.09. The summed E-state index contributed by atoms with van der Waals surface area (Å²) in [5, 5.41) is 2.74. The number of aromatic nitrogens is 1. The average Bonchev–Trinajstić information content (AvgIpc) is 2.60. The highest BCUT2D eigenvalue weighted by Gasteiger charge is 2.11. The number of allylic oxidation sites excluding steroid dienone is 1. The van der Waals surface area contributed by atoms with Gasteiger partial charge in [0, 0.05) is 6.54 Å². The fraction of sp³-hybridized carbons (Fsp3) is 0.263. The molecule has 2 aromatic rings. The minimum absolute atomic E-state index is 0.130. The van der Waals surface area contributed by atoms with Gasteiger partial charge in [-0.2, -0.15) is 4.39 Å². The number of anilines is 1. The van der Waals surface area contributed by atoms with E-state index in [-0.39, 0.29) is 11.4 Å². The Morgan fingerprint density at radius 3 is 2.92 bits per heavy atom. The van der Waals surface area contributed by atoms with Crippen molar-refractivity contribution in [2.45, 2.75) is 25.8 Å². The maximum Gasteiger partial charge on any atom is 0.255 e. The Kier molecular flexibility index (Phi) is 6.95. The molecule has 1 aromatic carbocycles. The highest BCUT2D eigenvalue weighted by Crippen LogP contribution is 2.15. The lowest BCUT2D eigenvalue weighted by Crippen LogP contribution is -2.24. The molecule has 0 aliphatic carbocycles. The SMILES string of the molecule is C=CCCCCOc1cccc(CNC(=O)c2ccc(F)nc2N)c1. The number of carbonyl (C=O) groups excluding carboxylic acids is 1. The normalized spacial score (nSPS) is 10.3. The largest absolute Gasteiger partial charge is 0.494 e. The van der Waals surface area contributed by atoms with Crippen molar-refractivity contribution in [3.8, 4) is 5.75 Å². The van der Waals surface area contributed by atoms with Gasteiger partial charge in [-0.05, 0) is 49.1 Å². The molecule has 0 fully saturated rings. The van der Waals surface area contributed by atoms with Crippen LogP contribution in [0, 0.1) is 5.95 Å². The van der Waals surface area contributed by atoms with Crippen molar-refractivity contribution in [3.05, 3.63) is 66.1 Å². The van der Waals surface area contributed by atoms with Crippen LogP contribution in [-0.2, 0) is 6.54 Å². The number of hydrogen-bond acceptors (Lipinski definition) is 4. The minimum atomic E-state index is -0.716. The van der Waals surface area contributed by atoms with Crippen molar-refractivity contribution in [2.75, 3.05) is 12.3 Å². The molecule has 3 N–H and O–H groups in total. The van der Waals surface area contributed by atoms with E-state index in [1.54, 1.807) is 0 Å². The second-order valence-corrected chi connectivity index (χ2v) is 5.53. The summed E-state index contributed by atoms with van der Waals surface area (Å²) in [5.41, 5.74) is 6.61. The fourth-order valence-electron chi connectivity index (χ4n) is 2.25. The zero-order chi connectivity index (χ0) is 18.1. The Hall–Kier alpha value is -2.89. The molecule has 0 saturated heterocycles. The summed E-state index contributed by atoms with van der Waals surface area (Å²) in [6, 6.07) is 9.92. The number of nitrogens with one attached hydrogen (secondary N) is 1. The molecule has 1 amide bonds. The highest BCUT2D eigenvalue weighted by atomic mass is 19.1. The van der Waals surface area contributed by atoms with Crippen LogP contribution in [0.2, 0.25) is 0 Å². The molecular formula is C19H22FN3O2. The van der Waals surface area contributed by atoms with Crippen molar-refractivity contribution in [1.29, 1.82) is 0 Å². The van der Waals surface area contributed by atoms with Crippen LogP contribution in [-0.4, -0.2) is 17.5 Å². The zero-order valence-electron chi connectivity index (χ0n) is 14.0. The molecule has 0 atom stereocenters. The highest BCUT2D eigenvalue weighted by molar-refractivity contribution is 5.98. The van der Waals surface area contributed by atoms with E-state index in [0.717, 1.165) is 36.6 Å². The van der Waals surface area contributed by atoms with Gasteiger partial charge in [-0.15, -0.1) is 6.58 Å². The van der Waals surface area contributed by atoms with E-state index in [1.165, 1.54) is 6.07 Å². The lowest BCUT2D eigenvalue weighted by molar-refractivity contribution is 0.0951. The first kappa shape index (κ1) is 18.4. The van der Waals surface area contributed by atoms with Gasteiger partial charge in [0.15, 0.2) is 0 Å². The summed E-state index contributed by atoms with van der Waals surface area (Å²) in [7, 11) is 0. The summed E-state index contributed by atoms with van der Waals surface area (Å²) in [5.74, 6) is -0.491. The number of amides is 1. The number of unbranched alkanes of at least 4 members (excludes halogenated alkanes) is 2. The molecule has 5 nitrogen and oxygen atoms in total. The molecule has 0 aliphatic rings. The molecule has 0 radical (unpaired) electrons. The van der Waals surface area contributed by atoms with Gasteiger partial charge < -0.3 is 15.8 Å². The number of nitrogens with zero attached hydrogens (tertiary/aromatic N) is 1. The molecule has 0 spiro atoms. The number of halogens is 1. The minimum Gasteiger partial charge on any atom is -0.494 e. The fourth-order valence-corrected chi connectivity index (χ4v) is 2.25. The summed E-state index contributed by atoms with van der Waals surface area (Å²) in [6.45, 7) is 4.64. The van der Waals surface area contributed by atoms with Crippen molar-refractivity contribution in [1.82, 2.24) is 10.3 Å². The van der Waals surface area contributed by atoms with E-state index >= 15 is 0 Å². The molecule has 0 saturated carbocycles. The Morgan fingerprint density at radius 2 is 2.16 bits per heavy atom. The van der Waals surface area contributed by atoms with Gasteiger partial charge in [-0.25, -0.2) is 4.98 Å². The Morgan fingerprint density at radius 1 is 1.32 bits per heavy atom. The van der Waals surface area contributed by atoms with Gasteiger partial charge in [0.25, 0.3) is 5.91 Å². The average molecular weight is 343 g/mol. The maximum atomic E-state index is 12.9.